The standard InChI is InChI=1S/C4H8O2S2/c1-4-7(5)2-3-8(4)6/h4H,2-3H2,1H3. The first kappa shape index (κ1) is 6.42. The van der Waals surface area contributed by atoms with Gasteiger partial charge in [0.25, 0.3) is 0 Å². The van der Waals surface area contributed by atoms with E-state index in [2.05, 4.69) is 0 Å². The summed E-state index contributed by atoms with van der Waals surface area (Å²) >= 11 is 0. The van der Waals surface area contributed by atoms with Crippen LogP contribution in [0.1, 0.15) is 6.92 Å². The topological polar surface area (TPSA) is 34.1 Å². The van der Waals surface area contributed by atoms with E-state index >= 15 is 0 Å². The van der Waals surface area contributed by atoms with Gasteiger partial charge in [-0.2, -0.15) is 0 Å². The maximum atomic E-state index is 10.7. The summed E-state index contributed by atoms with van der Waals surface area (Å²) < 4.78 is 21.3. The van der Waals surface area contributed by atoms with Crippen molar-refractivity contribution in [2.24, 2.45) is 0 Å². The Labute approximate surface area is 53.6 Å². The highest BCUT2D eigenvalue weighted by Crippen LogP contribution is 2.10. The van der Waals surface area contributed by atoms with E-state index in [0.717, 1.165) is 0 Å². The summed E-state index contributed by atoms with van der Waals surface area (Å²) in [6, 6.07) is 0. The molecule has 0 aromatic heterocycles. The molecule has 8 heavy (non-hydrogen) atoms. The van der Waals surface area contributed by atoms with Crippen molar-refractivity contribution in [2.45, 2.75) is 11.5 Å². The summed E-state index contributed by atoms with van der Waals surface area (Å²) in [7, 11) is -1.60. The molecule has 1 aliphatic heterocycles. The minimum atomic E-state index is -0.798. The number of rotatable bonds is 0. The predicted molar refractivity (Wildman–Crippen MR) is 35.5 cm³/mol. The highest BCUT2D eigenvalue weighted by atomic mass is 32.3. The first-order chi connectivity index (χ1) is 3.72. The Hall–Kier alpha value is 0.300. The Bertz CT molecular complexity index is 127. The van der Waals surface area contributed by atoms with Gasteiger partial charge in [-0.1, -0.05) is 0 Å². The van der Waals surface area contributed by atoms with Gasteiger partial charge in [0.15, 0.2) is 0 Å². The Balaban J connectivity index is 2.70. The maximum absolute atomic E-state index is 10.7. The van der Waals surface area contributed by atoms with Crippen LogP contribution in [0.4, 0.5) is 0 Å². The van der Waals surface area contributed by atoms with E-state index in [0.29, 0.717) is 11.5 Å². The SMILES string of the molecule is CC1S(=O)CCS1=O. The molecule has 0 aromatic carbocycles. The fraction of sp³-hybridized carbons (Fsp3) is 1.00. The second-order valence-electron chi connectivity index (χ2n) is 1.74. The van der Waals surface area contributed by atoms with E-state index in [-0.39, 0.29) is 4.58 Å². The molecular weight excluding hydrogens is 144 g/mol. The lowest BCUT2D eigenvalue weighted by Crippen LogP contribution is -2.06. The van der Waals surface area contributed by atoms with E-state index in [9.17, 15) is 8.42 Å². The quantitative estimate of drug-likeness (QED) is 0.483. The zero-order valence-corrected chi connectivity index (χ0v) is 6.26. The summed E-state index contributed by atoms with van der Waals surface area (Å²) in [5.74, 6) is 1.27. The van der Waals surface area contributed by atoms with Gasteiger partial charge in [0.2, 0.25) is 0 Å². The molecule has 0 amide bonds. The van der Waals surface area contributed by atoms with Gasteiger partial charge < -0.3 is 0 Å². The lowest BCUT2D eigenvalue weighted by Gasteiger charge is -1.93. The molecule has 1 rings (SSSR count). The summed E-state index contributed by atoms with van der Waals surface area (Å²) in [6.07, 6.45) is 0. The fourth-order valence-corrected chi connectivity index (χ4v) is 4.13. The molecular formula is C4H8O2S2. The van der Waals surface area contributed by atoms with Crippen LogP contribution in [-0.2, 0) is 21.6 Å². The summed E-state index contributed by atoms with van der Waals surface area (Å²) in [4.78, 5) is 0. The van der Waals surface area contributed by atoms with Crippen molar-refractivity contribution in [1.29, 1.82) is 0 Å². The molecule has 48 valence electrons. The van der Waals surface area contributed by atoms with Crippen LogP contribution in [0.3, 0.4) is 0 Å². The van der Waals surface area contributed by atoms with Crippen LogP contribution in [0.25, 0.3) is 0 Å². The van der Waals surface area contributed by atoms with Crippen molar-refractivity contribution in [3.8, 4) is 0 Å². The third-order valence-corrected chi connectivity index (χ3v) is 5.47. The van der Waals surface area contributed by atoms with Gasteiger partial charge >= 0.3 is 0 Å². The molecule has 0 radical (unpaired) electrons. The van der Waals surface area contributed by atoms with Crippen molar-refractivity contribution in [1.82, 2.24) is 0 Å². The molecule has 0 aliphatic carbocycles. The Kier molecular flexibility index (Phi) is 1.82. The first-order valence-electron chi connectivity index (χ1n) is 2.46. The minimum Gasteiger partial charge on any atom is -0.258 e. The normalized spacial score (nSPS) is 47.4. The molecule has 2 unspecified atom stereocenters. The van der Waals surface area contributed by atoms with Gasteiger partial charge in [-0.15, -0.1) is 0 Å². The van der Waals surface area contributed by atoms with E-state index in [1.54, 1.807) is 6.92 Å². The third-order valence-electron chi connectivity index (χ3n) is 1.23. The lowest BCUT2D eigenvalue weighted by atomic mass is 11.0. The largest absolute Gasteiger partial charge is 0.258 e. The second kappa shape index (κ2) is 2.27. The van der Waals surface area contributed by atoms with Crippen LogP contribution in [0.15, 0.2) is 0 Å². The lowest BCUT2D eigenvalue weighted by molar-refractivity contribution is 0.679. The molecule has 0 aromatic rings. The molecule has 0 spiro atoms. The highest BCUT2D eigenvalue weighted by molar-refractivity contribution is 8.06. The van der Waals surface area contributed by atoms with Crippen LogP contribution in [0.5, 0.6) is 0 Å². The molecule has 1 fully saturated rings. The zero-order valence-electron chi connectivity index (χ0n) is 4.62. The summed E-state index contributed by atoms with van der Waals surface area (Å²) in [5, 5.41) is 0. The number of hydrogen-bond donors (Lipinski definition) is 0. The molecule has 1 heterocycles. The molecule has 1 aliphatic rings. The van der Waals surface area contributed by atoms with Crippen LogP contribution in [0, 0.1) is 0 Å². The molecule has 0 bridgehead atoms. The Morgan fingerprint density at radius 3 is 1.75 bits per heavy atom. The molecule has 1 saturated heterocycles. The van der Waals surface area contributed by atoms with Gasteiger partial charge in [0, 0.05) is 33.1 Å². The molecule has 0 N–H and O–H groups in total. The van der Waals surface area contributed by atoms with Crippen LogP contribution < -0.4 is 0 Å². The summed E-state index contributed by atoms with van der Waals surface area (Å²) in [5.41, 5.74) is 0. The fourth-order valence-electron chi connectivity index (χ4n) is 0.616. The van der Waals surface area contributed by atoms with Gasteiger partial charge in [0.1, 0.15) is 4.58 Å². The summed E-state index contributed by atoms with van der Waals surface area (Å²) in [6.45, 7) is 1.78. The van der Waals surface area contributed by atoms with Crippen LogP contribution in [-0.4, -0.2) is 24.5 Å². The van der Waals surface area contributed by atoms with Crippen molar-refractivity contribution < 1.29 is 8.42 Å². The second-order valence-corrected chi connectivity index (χ2v) is 5.79. The first-order valence-corrected chi connectivity index (χ1v) is 5.22. The van der Waals surface area contributed by atoms with Crippen molar-refractivity contribution in [3.63, 3.8) is 0 Å². The third kappa shape index (κ3) is 1.00. The van der Waals surface area contributed by atoms with Crippen LogP contribution >= 0.6 is 0 Å². The average molecular weight is 152 g/mol. The monoisotopic (exact) mass is 152 g/mol. The van der Waals surface area contributed by atoms with Gasteiger partial charge in [-0.05, 0) is 6.92 Å². The Morgan fingerprint density at radius 2 is 1.62 bits per heavy atom. The van der Waals surface area contributed by atoms with E-state index < -0.39 is 21.6 Å². The predicted octanol–water partition coefficient (Wildman–Crippen LogP) is -0.157. The minimum absolute atomic E-state index is 0.0741. The smallest absolute Gasteiger partial charge is 0.107 e. The Morgan fingerprint density at radius 1 is 1.25 bits per heavy atom. The van der Waals surface area contributed by atoms with Gasteiger partial charge in [-0.3, -0.25) is 8.42 Å². The van der Waals surface area contributed by atoms with Gasteiger partial charge in [-0.25, -0.2) is 0 Å². The van der Waals surface area contributed by atoms with E-state index in [1.807, 2.05) is 0 Å². The van der Waals surface area contributed by atoms with Crippen molar-refractivity contribution in [2.75, 3.05) is 11.5 Å². The number of hydrogen-bond acceptors (Lipinski definition) is 2. The average Bonchev–Trinajstić information content (AvgIpc) is 1.98. The van der Waals surface area contributed by atoms with Crippen LogP contribution in [0.2, 0.25) is 0 Å². The van der Waals surface area contributed by atoms with Crippen molar-refractivity contribution >= 4 is 21.6 Å². The highest BCUT2D eigenvalue weighted by Gasteiger charge is 2.25. The van der Waals surface area contributed by atoms with E-state index in [1.165, 1.54) is 0 Å². The van der Waals surface area contributed by atoms with Crippen molar-refractivity contribution in [3.05, 3.63) is 0 Å². The molecule has 2 atom stereocenters. The van der Waals surface area contributed by atoms with Gasteiger partial charge in [0.05, 0.1) is 0 Å². The molecule has 4 heteroatoms. The zero-order chi connectivity index (χ0) is 6.15. The molecule has 2 nitrogen and oxygen atoms in total. The molecule has 0 saturated carbocycles. The maximum Gasteiger partial charge on any atom is 0.107 e. The van der Waals surface area contributed by atoms with E-state index in [4.69, 9.17) is 0 Å².